The quantitative estimate of drug-likeness (QED) is 0.669. The van der Waals surface area contributed by atoms with Gasteiger partial charge in [-0.15, -0.1) is 0 Å². The van der Waals surface area contributed by atoms with Crippen LogP contribution in [0.15, 0.2) is 54.7 Å². The van der Waals surface area contributed by atoms with Gasteiger partial charge in [-0.3, -0.25) is 9.48 Å². The van der Waals surface area contributed by atoms with Crippen molar-refractivity contribution < 1.29 is 4.79 Å². The van der Waals surface area contributed by atoms with Crippen LogP contribution in [0.4, 0.5) is 0 Å². The first-order valence-electron chi connectivity index (χ1n) is 9.59. The van der Waals surface area contributed by atoms with Crippen molar-refractivity contribution in [2.45, 2.75) is 52.5 Å². The Hall–Kier alpha value is -2.88. The summed E-state index contributed by atoms with van der Waals surface area (Å²) in [5.74, 6) is -0.411. The van der Waals surface area contributed by atoms with Crippen LogP contribution in [-0.2, 0) is 11.0 Å². The van der Waals surface area contributed by atoms with Gasteiger partial charge in [0, 0.05) is 17.3 Å². The van der Waals surface area contributed by atoms with Crippen molar-refractivity contribution >= 4 is 5.91 Å². The summed E-state index contributed by atoms with van der Waals surface area (Å²) in [5.41, 5.74) is 10.9. The highest BCUT2D eigenvalue weighted by Crippen LogP contribution is 2.40. The smallest absolute Gasteiger partial charge is 0.249 e. The summed E-state index contributed by atoms with van der Waals surface area (Å²) in [7, 11) is 0. The molecule has 0 aliphatic heterocycles. The number of nitrogens with zero attached hydrogens (tertiary/aromatic N) is 2. The molecule has 146 valence electrons. The van der Waals surface area contributed by atoms with Crippen molar-refractivity contribution in [2.75, 3.05) is 0 Å². The molecule has 0 radical (unpaired) electrons. The maximum atomic E-state index is 12.5. The van der Waals surface area contributed by atoms with Crippen molar-refractivity contribution in [3.8, 4) is 22.4 Å². The maximum Gasteiger partial charge on any atom is 0.249 e. The predicted molar refractivity (Wildman–Crippen MR) is 115 cm³/mol. The summed E-state index contributed by atoms with van der Waals surface area (Å²) >= 11 is 0. The summed E-state index contributed by atoms with van der Waals surface area (Å²) in [5, 5.41) is 4.56. The highest BCUT2D eigenvalue weighted by Gasteiger charge is 2.29. The maximum absolute atomic E-state index is 12.5. The number of primary amides is 1. The number of aromatic nitrogens is 2. The predicted octanol–water partition coefficient (Wildman–Crippen LogP) is 5.37. The fourth-order valence-electron chi connectivity index (χ4n) is 3.69. The van der Waals surface area contributed by atoms with Crippen LogP contribution in [-0.4, -0.2) is 15.7 Å². The lowest BCUT2D eigenvalue weighted by atomic mass is 9.78. The van der Waals surface area contributed by atoms with Gasteiger partial charge in [-0.05, 0) is 61.1 Å². The fourth-order valence-corrected chi connectivity index (χ4v) is 3.69. The molecule has 0 saturated heterocycles. The average Bonchev–Trinajstić information content (AvgIpc) is 3.10. The summed E-state index contributed by atoms with van der Waals surface area (Å²) in [6.07, 6.45) is 1.81. The van der Waals surface area contributed by atoms with E-state index in [1.54, 1.807) is 0 Å². The minimum atomic E-state index is -0.411. The minimum absolute atomic E-state index is 0.191. The van der Waals surface area contributed by atoms with E-state index in [-0.39, 0.29) is 11.0 Å². The molecule has 1 heterocycles. The van der Waals surface area contributed by atoms with Gasteiger partial charge in [-0.2, -0.15) is 5.10 Å². The normalized spacial score (nSPS) is 12.2. The first-order chi connectivity index (χ1) is 13.0. The molecule has 0 spiro atoms. The molecule has 2 aromatic carbocycles. The van der Waals surface area contributed by atoms with Gasteiger partial charge < -0.3 is 5.73 Å². The number of carbonyl (C=O) groups is 1. The fraction of sp³-hybridized carbons (Fsp3) is 0.333. The van der Waals surface area contributed by atoms with Crippen LogP contribution in [0, 0.1) is 0 Å². The Morgan fingerprint density at radius 3 is 2.11 bits per heavy atom. The van der Waals surface area contributed by atoms with Gasteiger partial charge in [-0.25, -0.2) is 0 Å². The molecular formula is C24H29N3O. The van der Waals surface area contributed by atoms with Crippen LogP contribution >= 0.6 is 0 Å². The molecule has 2 N–H and O–H groups in total. The number of amides is 1. The zero-order valence-corrected chi connectivity index (χ0v) is 17.6. The lowest BCUT2D eigenvalue weighted by Crippen LogP contribution is -2.26. The van der Waals surface area contributed by atoms with E-state index in [2.05, 4.69) is 52.7 Å². The van der Waals surface area contributed by atoms with E-state index in [4.69, 9.17) is 5.73 Å². The highest BCUT2D eigenvalue weighted by atomic mass is 16.1. The molecule has 3 aromatic rings. The lowest BCUT2D eigenvalue weighted by molar-refractivity contribution is 0.0998. The molecule has 4 nitrogen and oxygen atoms in total. The largest absolute Gasteiger partial charge is 0.366 e. The molecule has 1 aromatic heterocycles. The Morgan fingerprint density at radius 1 is 0.929 bits per heavy atom. The van der Waals surface area contributed by atoms with Crippen molar-refractivity contribution in [1.82, 2.24) is 9.78 Å². The second-order valence-corrected chi connectivity index (χ2v) is 9.23. The molecule has 0 unspecified atom stereocenters. The van der Waals surface area contributed by atoms with E-state index in [0.717, 1.165) is 27.9 Å². The SMILES string of the molecule is CC(C)(C)c1c(C(N)=O)cc(-c2ccccc2)cc1-c1ccnn1C(C)(C)C. The number of nitrogens with two attached hydrogens (primary N) is 1. The van der Waals surface area contributed by atoms with Crippen molar-refractivity contribution in [1.29, 1.82) is 0 Å². The van der Waals surface area contributed by atoms with Crippen molar-refractivity contribution in [3.05, 3.63) is 65.9 Å². The topological polar surface area (TPSA) is 60.9 Å². The van der Waals surface area contributed by atoms with Gasteiger partial charge in [0.15, 0.2) is 0 Å². The van der Waals surface area contributed by atoms with E-state index >= 15 is 0 Å². The molecule has 0 atom stereocenters. The molecule has 0 aliphatic carbocycles. The average molecular weight is 376 g/mol. The first kappa shape index (κ1) is 19.9. The Bertz CT molecular complexity index is 1000. The summed E-state index contributed by atoms with van der Waals surface area (Å²) < 4.78 is 2.01. The van der Waals surface area contributed by atoms with E-state index < -0.39 is 5.91 Å². The lowest BCUT2D eigenvalue weighted by Gasteiger charge is -2.29. The molecular weight excluding hydrogens is 346 g/mol. The van der Waals surface area contributed by atoms with Crippen molar-refractivity contribution in [3.63, 3.8) is 0 Å². The zero-order chi connectivity index (χ0) is 20.7. The molecule has 0 aliphatic rings. The Kier molecular flexibility index (Phi) is 4.92. The second-order valence-electron chi connectivity index (χ2n) is 9.23. The van der Waals surface area contributed by atoms with Gasteiger partial charge in [0.25, 0.3) is 0 Å². The van der Waals surface area contributed by atoms with Crippen LogP contribution in [0.3, 0.4) is 0 Å². The van der Waals surface area contributed by atoms with Crippen LogP contribution in [0.5, 0.6) is 0 Å². The summed E-state index contributed by atoms with van der Waals surface area (Å²) in [4.78, 5) is 12.5. The van der Waals surface area contributed by atoms with Gasteiger partial charge in [0.1, 0.15) is 0 Å². The van der Waals surface area contributed by atoms with E-state index in [0.29, 0.717) is 5.56 Å². The van der Waals surface area contributed by atoms with Crippen LogP contribution in [0.2, 0.25) is 0 Å². The van der Waals surface area contributed by atoms with E-state index in [1.807, 2.05) is 53.3 Å². The number of rotatable bonds is 3. The zero-order valence-electron chi connectivity index (χ0n) is 17.6. The van der Waals surface area contributed by atoms with Crippen LogP contribution in [0.1, 0.15) is 57.5 Å². The Balaban J connectivity index is 2.42. The Labute approximate surface area is 167 Å². The summed E-state index contributed by atoms with van der Waals surface area (Å²) in [6.45, 7) is 12.7. The standard InChI is InChI=1S/C24H29N3O/c1-23(2,3)21-18(20-12-13-26-27(20)24(4,5)6)14-17(15-19(21)22(25)28)16-10-8-7-9-11-16/h7-15H,1-6H3,(H2,25,28). The molecule has 3 rings (SSSR count). The van der Waals surface area contributed by atoms with Crippen molar-refractivity contribution in [2.24, 2.45) is 5.73 Å². The molecule has 0 saturated carbocycles. The molecule has 28 heavy (non-hydrogen) atoms. The second kappa shape index (κ2) is 6.93. The molecule has 1 amide bonds. The number of hydrogen-bond acceptors (Lipinski definition) is 2. The third kappa shape index (κ3) is 3.72. The van der Waals surface area contributed by atoms with Gasteiger partial charge in [-0.1, -0.05) is 51.1 Å². The highest BCUT2D eigenvalue weighted by molar-refractivity contribution is 5.98. The molecule has 0 bridgehead atoms. The van der Waals surface area contributed by atoms with Crippen LogP contribution < -0.4 is 5.73 Å². The van der Waals surface area contributed by atoms with E-state index in [9.17, 15) is 4.79 Å². The third-order valence-electron chi connectivity index (χ3n) is 4.82. The minimum Gasteiger partial charge on any atom is -0.366 e. The molecule has 0 fully saturated rings. The summed E-state index contributed by atoms with van der Waals surface area (Å²) in [6, 6.07) is 16.1. The molecule has 4 heteroatoms. The third-order valence-corrected chi connectivity index (χ3v) is 4.82. The first-order valence-corrected chi connectivity index (χ1v) is 9.59. The number of benzene rings is 2. The number of carbonyl (C=O) groups excluding carboxylic acids is 1. The Morgan fingerprint density at radius 2 is 1.57 bits per heavy atom. The van der Waals surface area contributed by atoms with Crippen LogP contribution in [0.25, 0.3) is 22.4 Å². The van der Waals surface area contributed by atoms with E-state index in [1.165, 1.54) is 0 Å². The monoisotopic (exact) mass is 375 g/mol. The van der Waals surface area contributed by atoms with Gasteiger partial charge in [0.05, 0.1) is 11.2 Å². The number of hydrogen-bond donors (Lipinski definition) is 1. The van der Waals surface area contributed by atoms with Gasteiger partial charge >= 0.3 is 0 Å². The van der Waals surface area contributed by atoms with Gasteiger partial charge in [0.2, 0.25) is 5.91 Å².